The molecule has 0 radical (unpaired) electrons. The number of benzene rings is 1. The quantitative estimate of drug-likeness (QED) is 0.908. The van der Waals surface area contributed by atoms with Crippen molar-refractivity contribution in [1.29, 1.82) is 0 Å². The highest BCUT2D eigenvalue weighted by Crippen LogP contribution is 2.29. The molecule has 0 aliphatic heterocycles. The molecule has 2 aromatic rings. The predicted molar refractivity (Wildman–Crippen MR) is 92.4 cm³/mol. The van der Waals surface area contributed by atoms with Crippen LogP contribution in [0.1, 0.15) is 64.0 Å². The third kappa shape index (κ3) is 3.42. The van der Waals surface area contributed by atoms with Gasteiger partial charge in [-0.1, -0.05) is 30.3 Å². The number of rotatable bonds is 5. The Labute approximate surface area is 142 Å². The molecule has 1 N–H and O–H groups in total. The van der Waals surface area contributed by atoms with Crippen LogP contribution in [0.15, 0.2) is 34.7 Å². The molecule has 1 atom stereocenters. The van der Waals surface area contributed by atoms with Gasteiger partial charge in [-0.3, -0.25) is 9.59 Å². The lowest BCUT2D eigenvalue weighted by Gasteiger charge is -2.13. The molecule has 1 amide bonds. The lowest BCUT2D eigenvalue weighted by atomic mass is 9.94. The normalized spacial score (nSPS) is 15.0. The second-order valence-corrected chi connectivity index (χ2v) is 6.53. The van der Waals surface area contributed by atoms with Gasteiger partial charge in [0.2, 0.25) is 0 Å². The van der Waals surface area contributed by atoms with Gasteiger partial charge in [0.05, 0.1) is 5.56 Å². The predicted octanol–water partition coefficient (Wildman–Crippen LogP) is 3.86. The first-order valence-electron chi connectivity index (χ1n) is 8.56. The van der Waals surface area contributed by atoms with Crippen molar-refractivity contribution in [3.63, 3.8) is 0 Å². The Morgan fingerprint density at radius 1 is 1.25 bits per heavy atom. The summed E-state index contributed by atoms with van der Waals surface area (Å²) < 4.78 is 5.70. The number of carbonyl (C=O) groups is 2. The lowest BCUT2D eigenvalue weighted by Crippen LogP contribution is -2.33. The Kier molecular flexibility index (Phi) is 4.84. The van der Waals surface area contributed by atoms with Crippen LogP contribution in [-0.2, 0) is 12.8 Å². The number of hydrogen-bond acceptors (Lipinski definition) is 3. The Hall–Kier alpha value is -2.36. The van der Waals surface area contributed by atoms with Gasteiger partial charge in [-0.05, 0) is 38.7 Å². The summed E-state index contributed by atoms with van der Waals surface area (Å²) >= 11 is 0. The van der Waals surface area contributed by atoms with Crippen molar-refractivity contribution in [3.05, 3.63) is 58.5 Å². The van der Waals surface area contributed by atoms with Crippen molar-refractivity contribution in [1.82, 2.24) is 5.32 Å². The van der Waals surface area contributed by atoms with Crippen LogP contribution in [0.3, 0.4) is 0 Å². The van der Waals surface area contributed by atoms with E-state index in [2.05, 4.69) is 17.4 Å². The monoisotopic (exact) mass is 325 g/mol. The molecule has 1 aromatic heterocycles. The van der Waals surface area contributed by atoms with Crippen molar-refractivity contribution in [3.8, 4) is 0 Å². The fourth-order valence-electron chi connectivity index (χ4n) is 3.25. The molecule has 3 rings (SSSR count). The van der Waals surface area contributed by atoms with Gasteiger partial charge in [-0.25, -0.2) is 0 Å². The molecule has 4 nitrogen and oxygen atoms in total. The van der Waals surface area contributed by atoms with E-state index in [9.17, 15) is 9.59 Å². The van der Waals surface area contributed by atoms with Gasteiger partial charge in [0.25, 0.3) is 5.91 Å². The molecule has 24 heavy (non-hydrogen) atoms. The Bertz CT molecular complexity index is 746. The number of Topliss-reactive ketones (excluding diaryl/α,β-unsaturated/α-hetero) is 1. The van der Waals surface area contributed by atoms with Crippen LogP contribution in [0.4, 0.5) is 0 Å². The molecule has 0 unspecified atom stereocenters. The van der Waals surface area contributed by atoms with Gasteiger partial charge >= 0.3 is 0 Å². The van der Waals surface area contributed by atoms with Crippen LogP contribution in [0.2, 0.25) is 0 Å². The topological polar surface area (TPSA) is 59.3 Å². The Morgan fingerprint density at radius 2 is 2.00 bits per heavy atom. The maximum Gasteiger partial charge on any atom is 0.287 e. The highest BCUT2D eigenvalue weighted by atomic mass is 16.4. The molecule has 0 fully saturated rings. The molecule has 0 saturated carbocycles. The molecule has 1 aliphatic rings. The lowest BCUT2D eigenvalue weighted by molar-refractivity contribution is 0.0904. The average Bonchev–Trinajstić information content (AvgIpc) is 2.92. The number of carbonyl (C=O) groups excluding carboxylic acids is 2. The summed E-state index contributed by atoms with van der Waals surface area (Å²) in [5.41, 5.74) is 2.57. The first-order chi connectivity index (χ1) is 11.6. The zero-order chi connectivity index (χ0) is 17.1. The van der Waals surface area contributed by atoms with Gasteiger partial charge in [-0.15, -0.1) is 0 Å². The zero-order valence-corrected chi connectivity index (χ0v) is 14.2. The average molecular weight is 325 g/mol. The van der Waals surface area contributed by atoms with Crippen molar-refractivity contribution >= 4 is 11.7 Å². The van der Waals surface area contributed by atoms with Crippen LogP contribution in [0, 0.1) is 6.92 Å². The van der Waals surface area contributed by atoms with Crippen molar-refractivity contribution in [2.24, 2.45) is 0 Å². The first-order valence-corrected chi connectivity index (χ1v) is 8.56. The summed E-state index contributed by atoms with van der Waals surface area (Å²) in [7, 11) is 0. The minimum absolute atomic E-state index is 0.0370. The van der Waals surface area contributed by atoms with E-state index in [1.54, 1.807) is 6.92 Å². The number of furan rings is 1. The van der Waals surface area contributed by atoms with E-state index in [1.165, 1.54) is 5.56 Å². The fourth-order valence-corrected chi connectivity index (χ4v) is 3.25. The fraction of sp³-hybridized carbons (Fsp3) is 0.400. The number of hydrogen-bond donors (Lipinski definition) is 1. The van der Waals surface area contributed by atoms with Crippen LogP contribution in [-0.4, -0.2) is 17.7 Å². The van der Waals surface area contributed by atoms with Crippen molar-refractivity contribution < 1.29 is 14.0 Å². The molecular formula is C20H23NO3. The van der Waals surface area contributed by atoms with Gasteiger partial charge in [-0.2, -0.15) is 0 Å². The van der Waals surface area contributed by atoms with Crippen LogP contribution < -0.4 is 5.32 Å². The second kappa shape index (κ2) is 7.04. The van der Waals surface area contributed by atoms with E-state index in [4.69, 9.17) is 4.42 Å². The van der Waals surface area contributed by atoms with E-state index in [0.29, 0.717) is 29.1 Å². The molecule has 0 saturated heterocycles. The van der Waals surface area contributed by atoms with E-state index >= 15 is 0 Å². The number of aryl methyl sites for hydroxylation is 2. The molecule has 1 heterocycles. The van der Waals surface area contributed by atoms with Gasteiger partial charge in [0, 0.05) is 24.4 Å². The van der Waals surface area contributed by atoms with Crippen LogP contribution in [0.5, 0.6) is 0 Å². The maximum atomic E-state index is 12.5. The summed E-state index contributed by atoms with van der Waals surface area (Å²) in [5.74, 6) is 0.830. The smallest absolute Gasteiger partial charge is 0.287 e. The van der Waals surface area contributed by atoms with Gasteiger partial charge in [0.1, 0.15) is 5.76 Å². The SMILES string of the molecule is Cc1c(C(=O)N[C@@H](C)CCc2ccccc2)oc2c1C(=O)CCC2. The molecular weight excluding hydrogens is 302 g/mol. The molecule has 1 aliphatic carbocycles. The molecule has 0 bridgehead atoms. The summed E-state index contributed by atoms with van der Waals surface area (Å²) in [4.78, 5) is 24.5. The first kappa shape index (κ1) is 16.5. The summed E-state index contributed by atoms with van der Waals surface area (Å²) in [6, 6.07) is 10.3. The molecule has 0 spiro atoms. The van der Waals surface area contributed by atoms with Crippen molar-refractivity contribution in [2.75, 3.05) is 0 Å². The van der Waals surface area contributed by atoms with E-state index in [-0.39, 0.29) is 17.7 Å². The highest BCUT2D eigenvalue weighted by molar-refractivity contribution is 6.03. The Morgan fingerprint density at radius 3 is 2.71 bits per heavy atom. The third-order valence-corrected chi connectivity index (χ3v) is 4.60. The van der Waals surface area contributed by atoms with Gasteiger partial charge in [0.15, 0.2) is 11.5 Å². The van der Waals surface area contributed by atoms with Gasteiger partial charge < -0.3 is 9.73 Å². The van der Waals surface area contributed by atoms with E-state index in [0.717, 1.165) is 25.7 Å². The standard InChI is InChI=1S/C20H23NO3/c1-13(11-12-15-7-4-3-5-8-15)21-20(23)19-14(2)18-16(22)9-6-10-17(18)24-19/h3-5,7-8,13H,6,9-12H2,1-2H3,(H,21,23)/t13-/m0/s1. The molecule has 126 valence electrons. The second-order valence-electron chi connectivity index (χ2n) is 6.53. The minimum Gasteiger partial charge on any atom is -0.455 e. The number of amides is 1. The number of ketones is 1. The largest absolute Gasteiger partial charge is 0.455 e. The minimum atomic E-state index is -0.227. The van der Waals surface area contributed by atoms with Crippen LogP contribution >= 0.6 is 0 Å². The summed E-state index contributed by atoms with van der Waals surface area (Å²) in [5, 5.41) is 2.99. The molecule has 4 heteroatoms. The van der Waals surface area contributed by atoms with E-state index < -0.39 is 0 Å². The Balaban J connectivity index is 1.64. The summed E-state index contributed by atoms with van der Waals surface area (Å²) in [6.45, 7) is 3.79. The van der Waals surface area contributed by atoms with E-state index in [1.807, 2.05) is 25.1 Å². The summed E-state index contributed by atoms with van der Waals surface area (Å²) in [6.07, 6.45) is 3.84. The third-order valence-electron chi connectivity index (χ3n) is 4.60. The zero-order valence-electron chi connectivity index (χ0n) is 14.2. The maximum absolute atomic E-state index is 12.5. The van der Waals surface area contributed by atoms with Crippen LogP contribution in [0.25, 0.3) is 0 Å². The van der Waals surface area contributed by atoms with Crippen molar-refractivity contribution in [2.45, 2.75) is 52.0 Å². The number of fused-ring (bicyclic) bond motifs is 1. The highest BCUT2D eigenvalue weighted by Gasteiger charge is 2.29. The molecule has 1 aromatic carbocycles. The number of nitrogens with one attached hydrogen (secondary N) is 1.